The molecule has 0 aliphatic heterocycles. The average molecular weight is 132 g/mol. The fourth-order valence-corrected chi connectivity index (χ4v) is 0. The van der Waals surface area contributed by atoms with Crippen LogP contribution in [0.3, 0.4) is 0 Å². The third-order valence-corrected chi connectivity index (χ3v) is 0.454. The molecule has 0 unspecified atom stereocenters. The van der Waals surface area contributed by atoms with Gasteiger partial charge in [-0.1, -0.05) is 6.92 Å². The number of hydrogen-bond donors (Lipinski definition) is 0. The minimum atomic E-state index is -0.245. The van der Waals surface area contributed by atoms with Crippen LogP contribution in [-0.2, 0) is 14.3 Å². The molecule has 0 fully saturated rings. The van der Waals surface area contributed by atoms with E-state index < -0.39 is 0 Å². The van der Waals surface area contributed by atoms with Crippen molar-refractivity contribution in [1.29, 1.82) is 0 Å². The van der Waals surface area contributed by atoms with Crippen LogP contribution in [0.25, 0.3) is 0 Å². The van der Waals surface area contributed by atoms with Crippen LogP contribution < -0.4 is 0 Å². The molecule has 0 saturated heterocycles. The summed E-state index contributed by atoms with van der Waals surface area (Å²) in [6, 6.07) is 0. The third kappa shape index (κ3) is 41.2. The largest absolute Gasteiger partial charge is 0.469 e. The SMILES string of the molecule is CCC=O.COC(C)=O. The predicted molar refractivity (Wildman–Crippen MR) is 34.0 cm³/mol. The molecule has 0 amide bonds. The van der Waals surface area contributed by atoms with Gasteiger partial charge in [-0.05, 0) is 0 Å². The second-order valence-corrected chi connectivity index (χ2v) is 1.27. The normalized spacial score (nSPS) is 6.56. The van der Waals surface area contributed by atoms with Gasteiger partial charge in [0.15, 0.2) is 0 Å². The van der Waals surface area contributed by atoms with Crippen molar-refractivity contribution in [1.82, 2.24) is 0 Å². The number of rotatable bonds is 1. The van der Waals surface area contributed by atoms with Gasteiger partial charge in [0, 0.05) is 13.3 Å². The molecule has 0 aliphatic rings. The highest BCUT2D eigenvalue weighted by molar-refractivity contribution is 5.65. The van der Waals surface area contributed by atoms with Gasteiger partial charge in [0.05, 0.1) is 7.11 Å². The second-order valence-electron chi connectivity index (χ2n) is 1.27. The lowest BCUT2D eigenvalue weighted by molar-refractivity contribution is -0.137. The van der Waals surface area contributed by atoms with Gasteiger partial charge in [0.25, 0.3) is 0 Å². The first-order chi connectivity index (χ1) is 4.18. The molecular formula is C6H12O3. The molecule has 0 aromatic rings. The maximum absolute atomic E-state index is 9.59. The Morgan fingerprint density at radius 2 is 1.89 bits per heavy atom. The molecule has 0 saturated carbocycles. The van der Waals surface area contributed by atoms with Crippen molar-refractivity contribution in [3.05, 3.63) is 0 Å². The van der Waals surface area contributed by atoms with Crippen LogP contribution in [0.5, 0.6) is 0 Å². The number of esters is 1. The smallest absolute Gasteiger partial charge is 0.302 e. The van der Waals surface area contributed by atoms with E-state index in [0.717, 1.165) is 6.29 Å². The van der Waals surface area contributed by atoms with Crippen molar-refractivity contribution in [2.45, 2.75) is 20.3 Å². The minimum Gasteiger partial charge on any atom is -0.469 e. The quantitative estimate of drug-likeness (QED) is 0.391. The first-order valence-electron chi connectivity index (χ1n) is 2.67. The lowest BCUT2D eigenvalue weighted by Crippen LogP contribution is -1.88. The van der Waals surface area contributed by atoms with Crippen molar-refractivity contribution in [2.75, 3.05) is 7.11 Å². The summed E-state index contributed by atoms with van der Waals surface area (Å²) in [5.74, 6) is -0.245. The summed E-state index contributed by atoms with van der Waals surface area (Å²) in [4.78, 5) is 18.8. The van der Waals surface area contributed by atoms with Gasteiger partial charge >= 0.3 is 5.97 Å². The van der Waals surface area contributed by atoms with Crippen molar-refractivity contribution in [2.24, 2.45) is 0 Å². The van der Waals surface area contributed by atoms with Gasteiger partial charge in [-0.25, -0.2) is 0 Å². The molecule has 3 heteroatoms. The van der Waals surface area contributed by atoms with Crippen LogP contribution in [0, 0.1) is 0 Å². The maximum Gasteiger partial charge on any atom is 0.302 e. The Balaban J connectivity index is 0. The van der Waals surface area contributed by atoms with E-state index in [1.807, 2.05) is 6.92 Å². The fraction of sp³-hybridized carbons (Fsp3) is 0.667. The first kappa shape index (κ1) is 11.0. The van der Waals surface area contributed by atoms with E-state index in [-0.39, 0.29) is 5.97 Å². The van der Waals surface area contributed by atoms with Crippen molar-refractivity contribution < 1.29 is 14.3 Å². The van der Waals surface area contributed by atoms with Gasteiger partial charge < -0.3 is 9.53 Å². The predicted octanol–water partition coefficient (Wildman–Crippen LogP) is 0.775. The number of carbonyl (C=O) groups excluding carboxylic acids is 2. The van der Waals surface area contributed by atoms with Gasteiger partial charge in [-0.15, -0.1) is 0 Å². The number of carbonyl (C=O) groups is 2. The number of methoxy groups -OCH3 is 1. The zero-order valence-electron chi connectivity index (χ0n) is 6.01. The van der Waals surface area contributed by atoms with Crippen molar-refractivity contribution >= 4 is 12.3 Å². The summed E-state index contributed by atoms with van der Waals surface area (Å²) in [5.41, 5.74) is 0. The van der Waals surface area contributed by atoms with Gasteiger partial charge in [-0.2, -0.15) is 0 Å². The van der Waals surface area contributed by atoms with Crippen molar-refractivity contribution in [3.8, 4) is 0 Å². The van der Waals surface area contributed by atoms with Gasteiger partial charge in [0.2, 0.25) is 0 Å². The number of ether oxygens (including phenoxy) is 1. The van der Waals surface area contributed by atoms with Crippen LogP contribution >= 0.6 is 0 Å². The Kier molecular flexibility index (Phi) is 12.5. The van der Waals surface area contributed by atoms with Crippen molar-refractivity contribution in [3.63, 3.8) is 0 Å². The van der Waals surface area contributed by atoms with Crippen LogP contribution in [0.15, 0.2) is 0 Å². The lowest BCUT2D eigenvalue weighted by Gasteiger charge is -1.80. The monoisotopic (exact) mass is 132 g/mol. The van der Waals surface area contributed by atoms with E-state index in [1.165, 1.54) is 14.0 Å². The molecule has 0 heterocycles. The fourth-order valence-electron chi connectivity index (χ4n) is 0. The maximum atomic E-state index is 9.59. The molecule has 0 spiro atoms. The van der Waals surface area contributed by atoms with E-state index in [4.69, 9.17) is 0 Å². The summed E-state index contributed by atoms with van der Waals surface area (Å²) in [6.45, 7) is 3.17. The molecular weight excluding hydrogens is 120 g/mol. The number of aldehydes is 1. The Morgan fingerprint density at radius 3 is 1.89 bits per heavy atom. The standard InChI is InChI=1S/C3H6O2.C3H6O/c1-3(4)5-2;1-2-3-4/h1-2H3;3H,2H2,1H3. The summed E-state index contributed by atoms with van der Waals surface area (Å²) in [5, 5.41) is 0. The molecule has 0 rings (SSSR count). The lowest BCUT2D eigenvalue weighted by atomic mass is 10.6. The zero-order chi connectivity index (χ0) is 7.70. The molecule has 0 bridgehead atoms. The van der Waals surface area contributed by atoms with Gasteiger partial charge in [-0.3, -0.25) is 4.79 Å². The Labute approximate surface area is 55.0 Å². The van der Waals surface area contributed by atoms with Crippen LogP contribution in [0.1, 0.15) is 20.3 Å². The molecule has 0 N–H and O–H groups in total. The first-order valence-corrected chi connectivity index (χ1v) is 2.67. The topological polar surface area (TPSA) is 43.4 Å². The third-order valence-electron chi connectivity index (χ3n) is 0.454. The molecule has 9 heavy (non-hydrogen) atoms. The summed E-state index contributed by atoms with van der Waals surface area (Å²) in [7, 11) is 1.35. The Hall–Kier alpha value is -0.860. The number of hydrogen-bond acceptors (Lipinski definition) is 3. The Morgan fingerprint density at radius 1 is 1.67 bits per heavy atom. The second kappa shape index (κ2) is 10.2. The Bertz CT molecular complexity index is 78.4. The van der Waals surface area contributed by atoms with E-state index in [9.17, 15) is 9.59 Å². The molecule has 0 radical (unpaired) electrons. The van der Waals surface area contributed by atoms with E-state index in [1.54, 1.807) is 0 Å². The highest BCUT2D eigenvalue weighted by atomic mass is 16.5. The summed E-state index contributed by atoms with van der Waals surface area (Å²) < 4.78 is 4.11. The molecule has 0 aromatic heterocycles. The molecule has 3 nitrogen and oxygen atoms in total. The highest BCUT2D eigenvalue weighted by Crippen LogP contribution is 1.60. The zero-order valence-corrected chi connectivity index (χ0v) is 6.01. The van der Waals surface area contributed by atoms with E-state index >= 15 is 0 Å². The van der Waals surface area contributed by atoms with Crippen LogP contribution in [-0.4, -0.2) is 19.4 Å². The molecule has 0 aromatic carbocycles. The van der Waals surface area contributed by atoms with E-state index in [0.29, 0.717) is 6.42 Å². The van der Waals surface area contributed by atoms with Crippen LogP contribution in [0.4, 0.5) is 0 Å². The summed E-state index contributed by atoms with van der Waals surface area (Å²) in [6.07, 6.45) is 1.51. The molecule has 0 aliphatic carbocycles. The molecule has 0 atom stereocenters. The average Bonchev–Trinajstić information content (AvgIpc) is 1.89. The van der Waals surface area contributed by atoms with Gasteiger partial charge in [0.1, 0.15) is 6.29 Å². The highest BCUT2D eigenvalue weighted by Gasteiger charge is 1.75. The van der Waals surface area contributed by atoms with E-state index in [2.05, 4.69) is 4.74 Å². The minimum absolute atomic E-state index is 0.245. The van der Waals surface area contributed by atoms with Crippen LogP contribution in [0.2, 0.25) is 0 Å². The molecule has 54 valence electrons. The summed E-state index contributed by atoms with van der Waals surface area (Å²) >= 11 is 0.